The number of ether oxygens (including phenoxy) is 1. The van der Waals surface area contributed by atoms with Crippen LogP contribution in [-0.2, 0) is 4.79 Å². The predicted octanol–water partition coefficient (Wildman–Crippen LogP) is 5.33. The molecule has 0 spiro atoms. The molecule has 2 aromatic rings. The van der Waals surface area contributed by atoms with E-state index in [2.05, 4.69) is 6.92 Å². The number of piperidine rings is 1. The zero-order valence-electron chi connectivity index (χ0n) is 14.5. The number of hydrogen-bond acceptors (Lipinski definition) is 2. The number of benzene rings is 2. The summed E-state index contributed by atoms with van der Waals surface area (Å²) in [6.45, 7) is 5.03. The highest BCUT2D eigenvalue weighted by Crippen LogP contribution is 2.36. The Labute approximate surface area is 144 Å². The minimum Gasteiger partial charge on any atom is -0.455 e. The molecule has 1 saturated heterocycles. The average Bonchev–Trinajstić information content (AvgIpc) is 2.59. The average molecular weight is 323 g/mol. The molecule has 2 aromatic carbocycles. The van der Waals surface area contributed by atoms with Crippen molar-refractivity contribution in [3.05, 3.63) is 54.1 Å². The molecule has 1 amide bonds. The summed E-state index contributed by atoms with van der Waals surface area (Å²) in [5, 5.41) is 0. The largest absolute Gasteiger partial charge is 0.455 e. The molecule has 0 saturated carbocycles. The lowest BCUT2D eigenvalue weighted by Gasteiger charge is -2.33. The van der Waals surface area contributed by atoms with Crippen LogP contribution < -0.4 is 9.64 Å². The summed E-state index contributed by atoms with van der Waals surface area (Å²) in [6.07, 6.45) is 3.96. The summed E-state index contributed by atoms with van der Waals surface area (Å²) >= 11 is 0. The van der Waals surface area contributed by atoms with E-state index in [0.29, 0.717) is 12.3 Å². The van der Waals surface area contributed by atoms with Crippen LogP contribution >= 0.6 is 0 Å². The first-order valence-electron chi connectivity index (χ1n) is 8.82. The lowest BCUT2D eigenvalue weighted by atomic mass is 9.93. The number of nitrogens with zero attached hydrogens (tertiary/aromatic N) is 1. The molecule has 126 valence electrons. The van der Waals surface area contributed by atoms with Crippen LogP contribution in [-0.4, -0.2) is 12.5 Å². The van der Waals surface area contributed by atoms with Crippen molar-refractivity contribution in [1.29, 1.82) is 0 Å². The Hall–Kier alpha value is -2.29. The van der Waals surface area contributed by atoms with Gasteiger partial charge < -0.3 is 9.64 Å². The van der Waals surface area contributed by atoms with Gasteiger partial charge in [-0.1, -0.05) is 43.7 Å². The molecule has 0 N–H and O–H groups in total. The van der Waals surface area contributed by atoms with Crippen molar-refractivity contribution < 1.29 is 9.53 Å². The van der Waals surface area contributed by atoms with Gasteiger partial charge in [0.05, 0.1) is 5.69 Å². The number of aryl methyl sites for hydroxylation is 1. The summed E-state index contributed by atoms with van der Waals surface area (Å²) in [5.41, 5.74) is 1.97. The normalized spacial score (nSPS) is 17.8. The molecule has 0 bridgehead atoms. The van der Waals surface area contributed by atoms with Crippen molar-refractivity contribution in [3.63, 3.8) is 0 Å². The van der Waals surface area contributed by atoms with Gasteiger partial charge >= 0.3 is 0 Å². The SMILES string of the molecule is CCC[C@@H]1CCC(=O)N(c2ccccc2Oc2ccccc2C)C1. The number of amides is 1. The lowest BCUT2D eigenvalue weighted by Crippen LogP contribution is -2.40. The molecule has 24 heavy (non-hydrogen) atoms. The summed E-state index contributed by atoms with van der Waals surface area (Å²) in [5.74, 6) is 2.36. The molecule has 1 heterocycles. The first kappa shape index (κ1) is 16.6. The van der Waals surface area contributed by atoms with Crippen molar-refractivity contribution in [3.8, 4) is 11.5 Å². The van der Waals surface area contributed by atoms with Gasteiger partial charge in [-0.25, -0.2) is 0 Å². The van der Waals surface area contributed by atoms with Crippen LogP contribution in [0.1, 0.15) is 38.2 Å². The molecule has 1 atom stereocenters. The third-order valence-corrected chi connectivity index (χ3v) is 4.67. The Bertz CT molecular complexity index is 710. The van der Waals surface area contributed by atoms with Crippen LogP contribution in [0, 0.1) is 12.8 Å². The minimum absolute atomic E-state index is 0.197. The lowest BCUT2D eigenvalue weighted by molar-refractivity contribution is -0.120. The zero-order valence-corrected chi connectivity index (χ0v) is 14.5. The molecule has 0 radical (unpaired) electrons. The smallest absolute Gasteiger partial charge is 0.227 e. The molecule has 0 aromatic heterocycles. The van der Waals surface area contributed by atoms with E-state index in [4.69, 9.17) is 4.74 Å². The summed E-state index contributed by atoms with van der Waals surface area (Å²) < 4.78 is 6.14. The first-order valence-corrected chi connectivity index (χ1v) is 8.82. The van der Waals surface area contributed by atoms with Crippen LogP contribution in [0.5, 0.6) is 11.5 Å². The summed E-state index contributed by atoms with van der Waals surface area (Å²) in [6, 6.07) is 15.8. The second-order valence-electron chi connectivity index (χ2n) is 6.53. The van der Waals surface area contributed by atoms with Crippen molar-refractivity contribution in [1.82, 2.24) is 0 Å². The second-order valence-corrected chi connectivity index (χ2v) is 6.53. The molecule has 0 aliphatic carbocycles. The Morgan fingerprint density at radius 3 is 2.54 bits per heavy atom. The summed E-state index contributed by atoms with van der Waals surface area (Å²) in [4.78, 5) is 14.4. The minimum atomic E-state index is 0.197. The van der Waals surface area contributed by atoms with Gasteiger partial charge in [0, 0.05) is 13.0 Å². The Morgan fingerprint density at radius 1 is 1.08 bits per heavy atom. The first-order chi connectivity index (χ1) is 11.7. The van der Waals surface area contributed by atoms with Gasteiger partial charge in [0.1, 0.15) is 5.75 Å². The van der Waals surface area contributed by atoms with E-state index in [-0.39, 0.29) is 5.91 Å². The van der Waals surface area contributed by atoms with E-state index < -0.39 is 0 Å². The molecular weight excluding hydrogens is 298 g/mol. The fraction of sp³-hybridized carbons (Fsp3) is 0.381. The van der Waals surface area contributed by atoms with E-state index in [0.717, 1.165) is 42.1 Å². The zero-order chi connectivity index (χ0) is 16.9. The van der Waals surface area contributed by atoms with E-state index in [9.17, 15) is 4.79 Å². The van der Waals surface area contributed by atoms with Crippen molar-refractivity contribution in [2.75, 3.05) is 11.4 Å². The maximum Gasteiger partial charge on any atom is 0.227 e. The fourth-order valence-electron chi connectivity index (χ4n) is 3.35. The maximum atomic E-state index is 12.5. The van der Waals surface area contributed by atoms with Gasteiger partial charge in [-0.15, -0.1) is 0 Å². The van der Waals surface area contributed by atoms with Gasteiger partial charge in [-0.3, -0.25) is 4.79 Å². The molecule has 3 rings (SSSR count). The van der Waals surface area contributed by atoms with E-state index >= 15 is 0 Å². The Morgan fingerprint density at radius 2 is 1.79 bits per heavy atom. The number of anilines is 1. The van der Waals surface area contributed by atoms with Crippen molar-refractivity contribution in [2.24, 2.45) is 5.92 Å². The Kier molecular flexibility index (Phi) is 5.19. The molecular formula is C21H25NO2. The van der Waals surface area contributed by atoms with Crippen LogP contribution in [0.15, 0.2) is 48.5 Å². The molecule has 1 fully saturated rings. The van der Waals surface area contributed by atoms with Gasteiger partial charge in [-0.05, 0) is 49.4 Å². The highest BCUT2D eigenvalue weighted by molar-refractivity contribution is 5.95. The van der Waals surface area contributed by atoms with Crippen LogP contribution in [0.2, 0.25) is 0 Å². The number of rotatable bonds is 5. The van der Waals surface area contributed by atoms with Gasteiger partial charge in [0.2, 0.25) is 5.91 Å². The van der Waals surface area contributed by atoms with Gasteiger partial charge in [-0.2, -0.15) is 0 Å². The fourth-order valence-corrected chi connectivity index (χ4v) is 3.35. The number of hydrogen-bond donors (Lipinski definition) is 0. The molecule has 3 heteroatoms. The van der Waals surface area contributed by atoms with E-state index in [1.54, 1.807) is 0 Å². The quantitative estimate of drug-likeness (QED) is 0.744. The number of carbonyl (C=O) groups excluding carboxylic acids is 1. The number of carbonyl (C=O) groups is 1. The molecule has 3 nitrogen and oxygen atoms in total. The molecule has 1 aliphatic heterocycles. The van der Waals surface area contributed by atoms with Crippen molar-refractivity contribution >= 4 is 11.6 Å². The second kappa shape index (κ2) is 7.52. The third kappa shape index (κ3) is 3.61. The van der Waals surface area contributed by atoms with Crippen LogP contribution in [0.4, 0.5) is 5.69 Å². The maximum absolute atomic E-state index is 12.5. The monoisotopic (exact) mass is 323 g/mol. The van der Waals surface area contributed by atoms with Crippen LogP contribution in [0.3, 0.4) is 0 Å². The van der Waals surface area contributed by atoms with E-state index in [1.165, 1.54) is 6.42 Å². The van der Waals surface area contributed by atoms with Crippen molar-refractivity contribution in [2.45, 2.75) is 39.5 Å². The highest BCUT2D eigenvalue weighted by atomic mass is 16.5. The molecule has 1 aliphatic rings. The molecule has 0 unspecified atom stereocenters. The van der Waals surface area contributed by atoms with Gasteiger partial charge in [0.25, 0.3) is 0 Å². The predicted molar refractivity (Wildman–Crippen MR) is 97.7 cm³/mol. The standard InChI is InChI=1S/C21H25NO2/c1-3-8-17-13-14-21(23)22(15-17)18-10-5-7-12-20(18)24-19-11-6-4-9-16(19)2/h4-7,9-12,17H,3,8,13-15H2,1-2H3/t17-/m1/s1. The third-order valence-electron chi connectivity index (χ3n) is 4.67. The summed E-state index contributed by atoms with van der Waals surface area (Å²) in [7, 11) is 0. The Balaban J connectivity index is 1.88. The van der Waals surface area contributed by atoms with Crippen LogP contribution in [0.25, 0.3) is 0 Å². The van der Waals surface area contributed by atoms with E-state index in [1.807, 2.05) is 60.4 Å². The van der Waals surface area contributed by atoms with Gasteiger partial charge in [0.15, 0.2) is 5.75 Å². The topological polar surface area (TPSA) is 29.5 Å². The number of para-hydroxylation sites is 3. The highest BCUT2D eigenvalue weighted by Gasteiger charge is 2.28.